The lowest BCUT2D eigenvalue weighted by Gasteiger charge is -2.15. The summed E-state index contributed by atoms with van der Waals surface area (Å²) in [5.74, 6) is -0.953. The van der Waals surface area contributed by atoms with Crippen molar-refractivity contribution in [3.63, 3.8) is 0 Å². The second kappa shape index (κ2) is 7.00. The van der Waals surface area contributed by atoms with Gasteiger partial charge < -0.3 is 10.1 Å². The Labute approximate surface area is 131 Å². The van der Waals surface area contributed by atoms with Crippen molar-refractivity contribution < 1.29 is 13.5 Å². The molecule has 2 rings (SSSR count). The second-order valence-corrected chi connectivity index (χ2v) is 5.69. The Bertz CT molecular complexity index is 646. The van der Waals surface area contributed by atoms with Gasteiger partial charge in [-0.05, 0) is 49.4 Å². The van der Waals surface area contributed by atoms with Gasteiger partial charge in [-0.2, -0.15) is 0 Å². The summed E-state index contributed by atoms with van der Waals surface area (Å²) in [6.45, 7) is 2.80. The highest BCUT2D eigenvalue weighted by Gasteiger charge is 2.10. The third kappa shape index (κ3) is 4.02. The molecule has 5 heteroatoms. The van der Waals surface area contributed by atoms with Crippen LogP contribution < -0.4 is 10.1 Å². The first-order chi connectivity index (χ1) is 10.0. The lowest BCUT2D eigenvalue weighted by atomic mass is 10.1. The molecule has 0 aliphatic carbocycles. The summed E-state index contributed by atoms with van der Waals surface area (Å²) < 4.78 is 32.9. The van der Waals surface area contributed by atoms with Crippen molar-refractivity contribution >= 4 is 15.9 Å². The molecule has 0 saturated heterocycles. The lowest BCUT2D eigenvalue weighted by molar-refractivity contribution is 0.299. The highest BCUT2D eigenvalue weighted by Crippen LogP contribution is 2.29. The van der Waals surface area contributed by atoms with E-state index in [0.29, 0.717) is 12.1 Å². The fourth-order valence-electron chi connectivity index (χ4n) is 2.11. The first-order valence-corrected chi connectivity index (χ1v) is 7.31. The molecule has 0 bridgehead atoms. The van der Waals surface area contributed by atoms with E-state index in [9.17, 15) is 8.78 Å². The van der Waals surface area contributed by atoms with Crippen LogP contribution in [0.15, 0.2) is 34.8 Å². The molecule has 1 N–H and O–H groups in total. The molecule has 0 amide bonds. The van der Waals surface area contributed by atoms with E-state index < -0.39 is 11.6 Å². The van der Waals surface area contributed by atoms with E-state index in [1.807, 2.05) is 26.1 Å². The van der Waals surface area contributed by atoms with Gasteiger partial charge in [0.1, 0.15) is 12.4 Å². The molecule has 112 valence electrons. The molecule has 0 saturated carbocycles. The molecule has 0 spiro atoms. The van der Waals surface area contributed by atoms with Crippen LogP contribution in [0, 0.1) is 18.6 Å². The molecule has 0 fully saturated rings. The number of nitrogens with one attached hydrogen (secondary N) is 1. The number of hydrogen-bond donors (Lipinski definition) is 1. The Morgan fingerprint density at radius 1 is 1.14 bits per heavy atom. The molecule has 2 aromatic rings. The largest absolute Gasteiger partial charge is 0.488 e. The summed E-state index contributed by atoms with van der Waals surface area (Å²) in [6, 6.07) is 7.71. The van der Waals surface area contributed by atoms with Gasteiger partial charge in [0.15, 0.2) is 11.6 Å². The van der Waals surface area contributed by atoms with Gasteiger partial charge >= 0.3 is 0 Å². The molecule has 0 heterocycles. The van der Waals surface area contributed by atoms with Crippen LogP contribution in [0.25, 0.3) is 0 Å². The normalized spacial score (nSPS) is 10.7. The minimum atomic E-state index is -0.862. The second-order valence-electron chi connectivity index (χ2n) is 4.78. The van der Waals surface area contributed by atoms with E-state index in [1.54, 1.807) is 0 Å². The minimum Gasteiger partial charge on any atom is -0.488 e. The number of halogens is 3. The molecule has 0 aliphatic rings. The van der Waals surface area contributed by atoms with Crippen LogP contribution in [0.4, 0.5) is 8.78 Å². The summed E-state index contributed by atoms with van der Waals surface area (Å²) in [6.07, 6.45) is 0. The maximum absolute atomic E-state index is 13.2. The van der Waals surface area contributed by atoms with E-state index >= 15 is 0 Å². The van der Waals surface area contributed by atoms with E-state index in [2.05, 4.69) is 21.2 Å². The minimum absolute atomic E-state index is 0.191. The predicted octanol–water partition coefficient (Wildman–Crippen LogP) is 4.33. The third-order valence-corrected chi connectivity index (χ3v) is 3.51. The highest BCUT2D eigenvalue weighted by atomic mass is 79.9. The van der Waals surface area contributed by atoms with Gasteiger partial charge in [-0.3, -0.25) is 0 Å². The average molecular weight is 356 g/mol. The van der Waals surface area contributed by atoms with Crippen LogP contribution in [0.5, 0.6) is 5.75 Å². The van der Waals surface area contributed by atoms with Crippen molar-refractivity contribution in [2.75, 3.05) is 7.05 Å². The van der Waals surface area contributed by atoms with Crippen molar-refractivity contribution in [1.82, 2.24) is 5.32 Å². The summed E-state index contributed by atoms with van der Waals surface area (Å²) in [5, 5.41) is 3.08. The molecule has 0 atom stereocenters. The molecule has 0 unspecified atom stereocenters. The Kier molecular flexibility index (Phi) is 5.31. The van der Waals surface area contributed by atoms with Gasteiger partial charge in [0.05, 0.1) is 0 Å². The van der Waals surface area contributed by atoms with E-state index in [0.717, 1.165) is 33.5 Å². The summed E-state index contributed by atoms with van der Waals surface area (Å²) in [5.41, 5.74) is 2.58. The summed E-state index contributed by atoms with van der Waals surface area (Å²) in [7, 11) is 1.86. The van der Waals surface area contributed by atoms with Gasteiger partial charge in [-0.25, -0.2) is 8.78 Å². The van der Waals surface area contributed by atoms with Crippen LogP contribution in [-0.4, -0.2) is 7.05 Å². The molecular weight excluding hydrogens is 340 g/mol. The fourth-order valence-corrected chi connectivity index (χ4v) is 2.73. The van der Waals surface area contributed by atoms with Crippen molar-refractivity contribution in [2.24, 2.45) is 0 Å². The third-order valence-electron chi connectivity index (χ3n) is 3.05. The Morgan fingerprint density at radius 2 is 1.90 bits per heavy atom. The molecule has 21 heavy (non-hydrogen) atoms. The quantitative estimate of drug-likeness (QED) is 0.861. The Morgan fingerprint density at radius 3 is 2.57 bits per heavy atom. The van der Waals surface area contributed by atoms with Gasteiger partial charge in [-0.15, -0.1) is 0 Å². The maximum Gasteiger partial charge on any atom is 0.159 e. The molecule has 2 aromatic carbocycles. The first kappa shape index (κ1) is 15.9. The van der Waals surface area contributed by atoms with Crippen molar-refractivity contribution in [3.8, 4) is 5.75 Å². The number of benzene rings is 2. The molecule has 0 aliphatic heterocycles. The first-order valence-electron chi connectivity index (χ1n) is 6.51. The molecular formula is C16H16BrF2NO. The zero-order valence-electron chi connectivity index (χ0n) is 11.8. The molecule has 2 nitrogen and oxygen atoms in total. The lowest BCUT2D eigenvalue weighted by Crippen LogP contribution is -2.09. The Balaban J connectivity index is 2.20. The van der Waals surface area contributed by atoms with E-state index in [4.69, 9.17) is 4.74 Å². The van der Waals surface area contributed by atoms with Gasteiger partial charge in [0.25, 0.3) is 0 Å². The van der Waals surface area contributed by atoms with Crippen LogP contribution in [-0.2, 0) is 13.2 Å². The van der Waals surface area contributed by atoms with Gasteiger partial charge in [-0.1, -0.05) is 22.0 Å². The number of hydrogen-bond acceptors (Lipinski definition) is 2. The maximum atomic E-state index is 13.2. The molecule has 0 aromatic heterocycles. The zero-order chi connectivity index (χ0) is 15.4. The number of rotatable bonds is 5. The zero-order valence-corrected chi connectivity index (χ0v) is 13.4. The van der Waals surface area contributed by atoms with Crippen LogP contribution in [0.2, 0.25) is 0 Å². The van der Waals surface area contributed by atoms with Crippen molar-refractivity contribution in [2.45, 2.75) is 20.1 Å². The Hall–Kier alpha value is -1.46. The molecule has 0 radical (unpaired) electrons. The summed E-state index contributed by atoms with van der Waals surface area (Å²) in [4.78, 5) is 0. The monoisotopic (exact) mass is 355 g/mol. The smallest absolute Gasteiger partial charge is 0.159 e. The predicted molar refractivity (Wildman–Crippen MR) is 82.3 cm³/mol. The standard InChI is InChI=1S/C16H16BrF2NO/c1-10-5-13(17)7-12(8-20-2)16(10)21-9-11-3-4-14(18)15(19)6-11/h3-7,20H,8-9H2,1-2H3. The van der Waals surface area contributed by atoms with E-state index in [1.165, 1.54) is 6.07 Å². The number of ether oxygens (including phenoxy) is 1. The van der Waals surface area contributed by atoms with Gasteiger partial charge in [0.2, 0.25) is 0 Å². The van der Waals surface area contributed by atoms with Gasteiger partial charge in [0, 0.05) is 16.6 Å². The average Bonchev–Trinajstić information content (AvgIpc) is 2.42. The van der Waals surface area contributed by atoms with Crippen molar-refractivity contribution in [1.29, 1.82) is 0 Å². The highest BCUT2D eigenvalue weighted by molar-refractivity contribution is 9.10. The topological polar surface area (TPSA) is 21.3 Å². The fraction of sp³-hybridized carbons (Fsp3) is 0.250. The van der Waals surface area contributed by atoms with Crippen LogP contribution >= 0.6 is 15.9 Å². The summed E-state index contributed by atoms with van der Waals surface area (Å²) >= 11 is 3.46. The van der Waals surface area contributed by atoms with Crippen LogP contribution in [0.3, 0.4) is 0 Å². The van der Waals surface area contributed by atoms with E-state index in [-0.39, 0.29) is 6.61 Å². The number of aryl methyl sites for hydroxylation is 1. The SMILES string of the molecule is CNCc1cc(Br)cc(C)c1OCc1ccc(F)c(F)c1. The van der Waals surface area contributed by atoms with Crippen molar-refractivity contribution in [3.05, 3.63) is 63.1 Å². The van der Waals surface area contributed by atoms with Crippen LogP contribution in [0.1, 0.15) is 16.7 Å².